The van der Waals surface area contributed by atoms with E-state index in [0.717, 1.165) is 38.5 Å². The minimum absolute atomic E-state index is 0.181. The normalized spacial score (nSPS) is 19.8. The monoisotopic (exact) mass is 950 g/mol. The van der Waals surface area contributed by atoms with Crippen molar-refractivity contribution >= 4 is 5.91 Å². The van der Waals surface area contributed by atoms with Gasteiger partial charge in [-0.2, -0.15) is 0 Å². The number of carbonyl (C=O) groups is 1. The van der Waals surface area contributed by atoms with Gasteiger partial charge in [0.05, 0.1) is 25.4 Å². The van der Waals surface area contributed by atoms with E-state index in [4.69, 9.17) is 9.47 Å². The molecule has 7 unspecified atom stereocenters. The van der Waals surface area contributed by atoms with Crippen molar-refractivity contribution in [2.75, 3.05) is 13.2 Å². The molecule has 67 heavy (non-hydrogen) atoms. The Balaban J connectivity index is 2.21. The van der Waals surface area contributed by atoms with Gasteiger partial charge in [0.1, 0.15) is 24.4 Å². The SMILES string of the molecule is CCCCCCCCCCCCCC/C=C/CC/C=C/C(O)C(COC1OC(CO)C(O)C(O)C1O)NC(=O)CCCCCCCCCCCCCCCCCCCCCCCCCCCC. The number of aliphatic hydroxyl groups excluding tert-OH is 5. The van der Waals surface area contributed by atoms with Crippen molar-refractivity contribution in [3.05, 3.63) is 24.3 Å². The molecular weight excluding hydrogens is 839 g/mol. The summed E-state index contributed by atoms with van der Waals surface area (Å²) in [7, 11) is 0. The Labute approximate surface area is 413 Å². The Kier molecular flexibility index (Phi) is 45.9. The van der Waals surface area contributed by atoms with Crippen LogP contribution in [0.5, 0.6) is 0 Å². The van der Waals surface area contributed by atoms with Gasteiger partial charge < -0.3 is 40.3 Å². The topological polar surface area (TPSA) is 149 Å². The molecule has 0 aromatic carbocycles. The van der Waals surface area contributed by atoms with Crippen LogP contribution in [0.2, 0.25) is 0 Å². The Bertz CT molecular complexity index is 1100. The van der Waals surface area contributed by atoms with Gasteiger partial charge in [0.25, 0.3) is 0 Å². The Morgan fingerprint density at radius 1 is 0.493 bits per heavy atom. The fourth-order valence-corrected chi connectivity index (χ4v) is 9.41. The zero-order chi connectivity index (χ0) is 48.7. The van der Waals surface area contributed by atoms with Crippen molar-refractivity contribution < 1.29 is 39.8 Å². The van der Waals surface area contributed by atoms with Crippen LogP contribution in [0.4, 0.5) is 0 Å². The molecule has 0 saturated carbocycles. The maximum absolute atomic E-state index is 13.0. The molecule has 0 spiro atoms. The van der Waals surface area contributed by atoms with Crippen LogP contribution < -0.4 is 5.32 Å². The van der Waals surface area contributed by atoms with E-state index in [1.165, 1.54) is 225 Å². The summed E-state index contributed by atoms with van der Waals surface area (Å²) in [5.41, 5.74) is 0. The lowest BCUT2D eigenvalue weighted by atomic mass is 9.99. The Morgan fingerprint density at radius 2 is 0.851 bits per heavy atom. The standard InChI is InChI=1S/C58H111NO8/c1-3-5-7-9-11-13-15-17-19-21-23-24-25-26-27-28-29-30-32-34-36-38-40-42-44-46-48-54(62)59-51(50-66-58-57(65)56(64)55(63)53(49-60)67-58)52(61)47-45-43-41-39-37-35-33-31-22-20-18-16-14-12-10-8-6-4-2/h37,39,45,47,51-53,55-58,60-61,63-65H,3-36,38,40-44,46,48-50H2,1-2H3,(H,59,62)/b39-37+,47-45+. The molecule has 9 nitrogen and oxygen atoms in total. The maximum atomic E-state index is 13.0. The highest BCUT2D eigenvalue weighted by atomic mass is 16.7. The number of allylic oxidation sites excluding steroid dienone is 3. The summed E-state index contributed by atoms with van der Waals surface area (Å²) in [6, 6.07) is -0.818. The van der Waals surface area contributed by atoms with Gasteiger partial charge >= 0.3 is 0 Å². The molecule has 1 fully saturated rings. The summed E-state index contributed by atoms with van der Waals surface area (Å²) in [5, 5.41) is 54.5. The third kappa shape index (κ3) is 38.1. The number of unbranched alkanes of at least 4 members (excludes halogenated alkanes) is 38. The fraction of sp³-hybridized carbons (Fsp3) is 0.914. The quantitative estimate of drug-likeness (QED) is 0.0261. The molecule has 1 rings (SSSR count). The first kappa shape index (κ1) is 63.7. The van der Waals surface area contributed by atoms with Gasteiger partial charge in [-0.3, -0.25) is 4.79 Å². The first-order valence-electron chi connectivity index (χ1n) is 29.1. The summed E-state index contributed by atoms with van der Waals surface area (Å²) in [4.78, 5) is 13.0. The van der Waals surface area contributed by atoms with E-state index in [1.807, 2.05) is 6.08 Å². The van der Waals surface area contributed by atoms with Crippen LogP contribution in [0, 0.1) is 0 Å². The number of ether oxygens (including phenoxy) is 2. The van der Waals surface area contributed by atoms with E-state index in [0.29, 0.717) is 6.42 Å². The number of hydrogen-bond donors (Lipinski definition) is 6. The van der Waals surface area contributed by atoms with Crippen LogP contribution in [0.25, 0.3) is 0 Å². The van der Waals surface area contributed by atoms with E-state index in [-0.39, 0.29) is 12.5 Å². The van der Waals surface area contributed by atoms with Crippen molar-refractivity contribution in [2.45, 2.75) is 326 Å². The van der Waals surface area contributed by atoms with Crippen LogP contribution >= 0.6 is 0 Å². The second kappa shape index (κ2) is 48.3. The predicted octanol–water partition coefficient (Wildman–Crippen LogP) is 14.2. The molecular formula is C58H111NO8. The lowest BCUT2D eigenvalue weighted by Gasteiger charge is -2.40. The first-order chi connectivity index (χ1) is 32.8. The first-order valence-corrected chi connectivity index (χ1v) is 29.1. The van der Waals surface area contributed by atoms with Gasteiger partial charge in [-0.1, -0.05) is 269 Å². The van der Waals surface area contributed by atoms with E-state index < -0.39 is 49.5 Å². The highest BCUT2D eigenvalue weighted by molar-refractivity contribution is 5.76. The van der Waals surface area contributed by atoms with Gasteiger partial charge in [-0.25, -0.2) is 0 Å². The molecule has 1 heterocycles. The van der Waals surface area contributed by atoms with Gasteiger partial charge in [-0.15, -0.1) is 0 Å². The summed E-state index contributed by atoms with van der Waals surface area (Å²) in [5.74, 6) is -0.181. The van der Waals surface area contributed by atoms with Crippen LogP contribution in [-0.2, 0) is 14.3 Å². The zero-order valence-electron chi connectivity index (χ0n) is 43.9. The number of aliphatic hydroxyl groups is 5. The van der Waals surface area contributed by atoms with Gasteiger partial charge in [0.2, 0.25) is 5.91 Å². The van der Waals surface area contributed by atoms with Crippen molar-refractivity contribution in [3.63, 3.8) is 0 Å². The van der Waals surface area contributed by atoms with Crippen molar-refractivity contribution in [1.82, 2.24) is 5.32 Å². The molecule has 1 aliphatic rings. The number of hydrogen-bond acceptors (Lipinski definition) is 8. The maximum Gasteiger partial charge on any atom is 0.220 e. The van der Waals surface area contributed by atoms with Crippen LogP contribution in [0.1, 0.15) is 284 Å². The third-order valence-corrected chi connectivity index (χ3v) is 14.0. The largest absolute Gasteiger partial charge is 0.394 e. The molecule has 9 heteroatoms. The molecule has 1 saturated heterocycles. The minimum atomic E-state index is -1.57. The summed E-state index contributed by atoms with van der Waals surface area (Å²) >= 11 is 0. The van der Waals surface area contributed by atoms with Crippen molar-refractivity contribution in [3.8, 4) is 0 Å². The molecule has 0 bridgehead atoms. The fourth-order valence-electron chi connectivity index (χ4n) is 9.41. The second-order valence-corrected chi connectivity index (χ2v) is 20.4. The van der Waals surface area contributed by atoms with Gasteiger partial charge in [0.15, 0.2) is 6.29 Å². The molecule has 6 N–H and O–H groups in total. The van der Waals surface area contributed by atoms with Crippen LogP contribution in [0.3, 0.4) is 0 Å². The molecule has 396 valence electrons. The second-order valence-electron chi connectivity index (χ2n) is 20.4. The van der Waals surface area contributed by atoms with Gasteiger partial charge in [-0.05, 0) is 32.1 Å². The smallest absolute Gasteiger partial charge is 0.220 e. The highest BCUT2D eigenvalue weighted by Gasteiger charge is 2.44. The summed E-state index contributed by atoms with van der Waals surface area (Å²) in [6.07, 6.45) is 53.9. The molecule has 0 aromatic rings. The lowest BCUT2D eigenvalue weighted by molar-refractivity contribution is -0.302. The Morgan fingerprint density at radius 3 is 1.25 bits per heavy atom. The lowest BCUT2D eigenvalue weighted by Crippen LogP contribution is -2.60. The van der Waals surface area contributed by atoms with E-state index in [1.54, 1.807) is 6.08 Å². The number of carbonyl (C=O) groups excluding carboxylic acids is 1. The molecule has 0 aliphatic carbocycles. The zero-order valence-corrected chi connectivity index (χ0v) is 43.9. The number of amides is 1. The molecule has 0 aromatic heterocycles. The van der Waals surface area contributed by atoms with Crippen LogP contribution in [0.15, 0.2) is 24.3 Å². The average molecular weight is 951 g/mol. The molecule has 0 radical (unpaired) electrons. The van der Waals surface area contributed by atoms with Crippen LogP contribution in [-0.4, -0.2) is 87.5 Å². The van der Waals surface area contributed by atoms with E-state index in [9.17, 15) is 30.3 Å². The predicted molar refractivity (Wildman–Crippen MR) is 281 cm³/mol. The average Bonchev–Trinajstić information content (AvgIpc) is 3.33. The summed E-state index contributed by atoms with van der Waals surface area (Å²) in [6.45, 7) is 3.80. The number of nitrogens with one attached hydrogen (secondary N) is 1. The van der Waals surface area contributed by atoms with Gasteiger partial charge in [0, 0.05) is 6.42 Å². The summed E-state index contributed by atoms with van der Waals surface area (Å²) < 4.78 is 11.3. The Hall–Kier alpha value is -1.33. The van der Waals surface area contributed by atoms with Crippen molar-refractivity contribution in [1.29, 1.82) is 0 Å². The van der Waals surface area contributed by atoms with E-state index >= 15 is 0 Å². The highest BCUT2D eigenvalue weighted by Crippen LogP contribution is 2.23. The minimum Gasteiger partial charge on any atom is -0.394 e. The third-order valence-electron chi connectivity index (χ3n) is 14.0. The molecule has 1 aliphatic heterocycles. The van der Waals surface area contributed by atoms with E-state index in [2.05, 4.69) is 31.3 Å². The number of rotatable bonds is 50. The van der Waals surface area contributed by atoms with Crippen molar-refractivity contribution in [2.24, 2.45) is 0 Å². The molecule has 1 amide bonds. The molecule has 7 atom stereocenters.